The molecule has 260 valence electrons. The van der Waals surface area contributed by atoms with Crippen molar-refractivity contribution in [2.24, 2.45) is 0 Å². The summed E-state index contributed by atoms with van der Waals surface area (Å²) in [6.07, 6.45) is 2.13. The normalized spacial score (nSPS) is 12.2. The second-order valence-electron chi connectivity index (χ2n) is 14.4. The molecule has 0 radical (unpaired) electrons. The van der Waals surface area contributed by atoms with E-state index in [-0.39, 0.29) is 0 Å². The van der Waals surface area contributed by atoms with Gasteiger partial charge in [0.1, 0.15) is 0 Å². The molecule has 0 unspecified atom stereocenters. The van der Waals surface area contributed by atoms with E-state index in [9.17, 15) is 0 Å². The maximum absolute atomic E-state index is 2.54. The molecular weight excluding hydrogens is 685 g/mol. The molecular formula is C52H36N2S. The van der Waals surface area contributed by atoms with Gasteiger partial charge in [0.15, 0.2) is 0 Å². The van der Waals surface area contributed by atoms with E-state index in [1.807, 2.05) is 11.3 Å². The molecule has 0 amide bonds. The summed E-state index contributed by atoms with van der Waals surface area (Å²) in [4.78, 5) is 4.94. The highest BCUT2D eigenvalue weighted by Crippen LogP contribution is 2.51. The van der Waals surface area contributed by atoms with Crippen molar-refractivity contribution in [3.05, 3.63) is 205 Å². The Balaban J connectivity index is 1.21. The first-order chi connectivity index (χ1) is 27.3. The zero-order valence-electron chi connectivity index (χ0n) is 30.2. The molecule has 0 atom stereocenters. The fourth-order valence-corrected chi connectivity index (χ4v) is 10.1. The van der Waals surface area contributed by atoms with Crippen molar-refractivity contribution < 1.29 is 0 Å². The average Bonchev–Trinajstić information content (AvgIpc) is 3.65. The van der Waals surface area contributed by atoms with Crippen LogP contribution in [-0.2, 0) is 12.8 Å². The van der Waals surface area contributed by atoms with Gasteiger partial charge in [0.05, 0.1) is 21.8 Å². The van der Waals surface area contributed by atoms with E-state index >= 15 is 0 Å². The molecule has 0 saturated carbocycles. The number of nitrogens with zero attached hydrogens (tertiary/aromatic N) is 2. The third kappa shape index (κ3) is 5.23. The molecule has 0 aliphatic heterocycles. The molecule has 10 aromatic rings. The van der Waals surface area contributed by atoms with Gasteiger partial charge in [0.25, 0.3) is 0 Å². The third-order valence-corrected chi connectivity index (χ3v) is 12.5. The van der Waals surface area contributed by atoms with Crippen LogP contribution in [0.4, 0.5) is 34.1 Å². The first-order valence-electron chi connectivity index (χ1n) is 19.1. The molecule has 0 bridgehead atoms. The summed E-state index contributed by atoms with van der Waals surface area (Å²) >= 11 is 1.88. The van der Waals surface area contributed by atoms with Crippen molar-refractivity contribution in [3.63, 3.8) is 0 Å². The molecule has 1 aliphatic rings. The summed E-state index contributed by atoms with van der Waals surface area (Å²) in [5.74, 6) is 0. The molecule has 0 N–H and O–H groups in total. The third-order valence-electron chi connectivity index (χ3n) is 11.3. The molecule has 1 aliphatic carbocycles. The van der Waals surface area contributed by atoms with E-state index in [2.05, 4.69) is 204 Å². The average molecular weight is 721 g/mol. The van der Waals surface area contributed by atoms with Gasteiger partial charge in [0, 0.05) is 37.9 Å². The minimum Gasteiger partial charge on any atom is -0.309 e. The van der Waals surface area contributed by atoms with Crippen molar-refractivity contribution in [3.8, 4) is 11.1 Å². The fraction of sp³-hybridized carbons (Fsp3) is 0.0385. The minimum absolute atomic E-state index is 1.05. The van der Waals surface area contributed by atoms with E-state index < -0.39 is 0 Å². The fourth-order valence-electron chi connectivity index (χ4n) is 8.83. The number of rotatable bonds is 6. The highest BCUT2D eigenvalue weighted by atomic mass is 32.1. The van der Waals surface area contributed by atoms with E-state index in [4.69, 9.17) is 0 Å². The highest BCUT2D eigenvalue weighted by molar-refractivity contribution is 7.26. The van der Waals surface area contributed by atoms with Crippen LogP contribution in [0.15, 0.2) is 194 Å². The largest absolute Gasteiger partial charge is 0.309 e. The van der Waals surface area contributed by atoms with Crippen molar-refractivity contribution in [1.29, 1.82) is 0 Å². The molecule has 55 heavy (non-hydrogen) atoms. The summed E-state index contributed by atoms with van der Waals surface area (Å²) in [5.41, 5.74) is 12.5. The second kappa shape index (κ2) is 13.0. The zero-order valence-corrected chi connectivity index (χ0v) is 31.0. The lowest BCUT2D eigenvalue weighted by Crippen LogP contribution is -2.12. The van der Waals surface area contributed by atoms with E-state index in [0.717, 1.165) is 29.9 Å². The molecule has 0 fully saturated rings. The summed E-state index contributed by atoms with van der Waals surface area (Å²) < 4.78 is 2.53. The Morgan fingerprint density at radius 1 is 0.364 bits per heavy atom. The van der Waals surface area contributed by atoms with E-state index in [0.29, 0.717) is 0 Å². The van der Waals surface area contributed by atoms with Crippen LogP contribution in [0.3, 0.4) is 0 Å². The topological polar surface area (TPSA) is 6.48 Å². The number of aryl methyl sites for hydroxylation is 2. The molecule has 11 rings (SSSR count). The predicted molar refractivity (Wildman–Crippen MR) is 237 cm³/mol. The molecule has 0 saturated heterocycles. The molecule has 3 heteroatoms. The van der Waals surface area contributed by atoms with Crippen LogP contribution in [-0.4, -0.2) is 0 Å². The second-order valence-corrected chi connectivity index (χ2v) is 15.5. The monoisotopic (exact) mass is 720 g/mol. The van der Waals surface area contributed by atoms with Gasteiger partial charge >= 0.3 is 0 Å². The van der Waals surface area contributed by atoms with Gasteiger partial charge < -0.3 is 9.80 Å². The molecule has 1 heterocycles. The highest BCUT2D eigenvalue weighted by Gasteiger charge is 2.25. The Morgan fingerprint density at radius 2 is 0.982 bits per heavy atom. The molecule has 9 aromatic carbocycles. The Labute approximate surface area is 324 Å². The molecule has 1 aromatic heterocycles. The molecule has 2 nitrogen and oxygen atoms in total. The lowest BCUT2D eigenvalue weighted by Gasteiger charge is -2.30. The Hall–Kier alpha value is -6.68. The summed E-state index contributed by atoms with van der Waals surface area (Å²) in [7, 11) is 0. The van der Waals surface area contributed by atoms with Gasteiger partial charge in [0.2, 0.25) is 0 Å². The van der Waals surface area contributed by atoms with E-state index in [1.54, 1.807) is 0 Å². The van der Waals surface area contributed by atoms with Gasteiger partial charge in [-0.3, -0.25) is 0 Å². The number of anilines is 6. The number of thiophene rings is 1. The minimum atomic E-state index is 1.05. The Kier molecular flexibility index (Phi) is 7.53. The lowest BCUT2D eigenvalue weighted by atomic mass is 9.85. The quantitative estimate of drug-likeness (QED) is 0.158. The van der Waals surface area contributed by atoms with Crippen molar-refractivity contribution in [2.45, 2.75) is 12.8 Å². The standard InChI is InChI=1S/C52H36N2S/c1-3-17-38(18-4-1)53(39-19-5-2-6-20-39)48-27-13-25-45-51-47(26-14-28-50(51)55-52(45)48)54(40-32-31-36-30-29-35-15-7-9-21-41(35)46(36)34-40)49-33-37-16-8-10-22-42(37)43-23-11-12-24-44(43)49/h1-28,31-34H,29-30H2. The SMILES string of the molecule is c1ccc(N(c2ccccc2)c2cccc3c2sc2cccc(N(c4ccc5c(c4)-c4ccccc4CC5)c4cc5ccccc5c5ccccc45)c23)cc1. The van der Waals surface area contributed by atoms with Crippen molar-refractivity contribution >= 4 is 87.2 Å². The maximum atomic E-state index is 2.54. The zero-order chi connectivity index (χ0) is 36.3. The number of para-hydroxylation sites is 2. The van der Waals surface area contributed by atoms with Crippen LogP contribution in [0.1, 0.15) is 11.1 Å². The van der Waals surface area contributed by atoms with Gasteiger partial charge in [-0.2, -0.15) is 0 Å². The number of hydrogen-bond donors (Lipinski definition) is 0. The number of hydrogen-bond acceptors (Lipinski definition) is 3. The predicted octanol–water partition coefficient (Wildman–Crippen LogP) is 15.1. The van der Waals surface area contributed by atoms with Crippen LogP contribution in [0, 0.1) is 0 Å². The Bertz CT molecular complexity index is 3020. The van der Waals surface area contributed by atoms with Crippen LogP contribution in [0.25, 0.3) is 52.8 Å². The van der Waals surface area contributed by atoms with Crippen LogP contribution < -0.4 is 9.80 Å². The Morgan fingerprint density at radius 3 is 1.78 bits per heavy atom. The van der Waals surface area contributed by atoms with E-state index in [1.165, 1.54) is 81.0 Å². The van der Waals surface area contributed by atoms with Crippen molar-refractivity contribution in [1.82, 2.24) is 0 Å². The summed E-state index contributed by atoms with van der Waals surface area (Å²) in [5, 5.41) is 7.51. The smallest absolute Gasteiger partial charge is 0.0640 e. The first kappa shape index (κ1) is 31.8. The molecule has 0 spiro atoms. The number of fused-ring (bicyclic) bond motifs is 9. The van der Waals surface area contributed by atoms with Crippen LogP contribution in [0.2, 0.25) is 0 Å². The number of benzene rings is 9. The van der Waals surface area contributed by atoms with Gasteiger partial charge in [-0.15, -0.1) is 11.3 Å². The van der Waals surface area contributed by atoms with Gasteiger partial charge in [-0.05, 0) is 112 Å². The summed E-state index contributed by atoms with van der Waals surface area (Å²) in [6, 6.07) is 71.4. The lowest BCUT2D eigenvalue weighted by molar-refractivity contribution is 0.941. The maximum Gasteiger partial charge on any atom is 0.0640 e. The van der Waals surface area contributed by atoms with Crippen LogP contribution in [0.5, 0.6) is 0 Å². The summed E-state index contributed by atoms with van der Waals surface area (Å²) in [6.45, 7) is 0. The van der Waals surface area contributed by atoms with Gasteiger partial charge in [-0.25, -0.2) is 0 Å². The van der Waals surface area contributed by atoms with Crippen molar-refractivity contribution in [2.75, 3.05) is 9.80 Å². The van der Waals surface area contributed by atoms with Crippen LogP contribution >= 0.6 is 11.3 Å². The first-order valence-corrected chi connectivity index (χ1v) is 19.9. The van der Waals surface area contributed by atoms with Gasteiger partial charge in [-0.1, -0.05) is 133 Å².